The molecule has 200 valence electrons. The van der Waals surface area contributed by atoms with Crippen LogP contribution in [0.5, 0.6) is 0 Å². The van der Waals surface area contributed by atoms with Crippen molar-refractivity contribution in [2.75, 3.05) is 26.2 Å². The molecule has 4 rings (SSSR count). The van der Waals surface area contributed by atoms with Crippen LogP contribution < -0.4 is 5.32 Å². The minimum Gasteiger partial charge on any atom is -0.444 e. The smallest absolute Gasteiger partial charge is 0.410 e. The van der Waals surface area contributed by atoms with Crippen LogP contribution in [0, 0.1) is 13.8 Å². The van der Waals surface area contributed by atoms with Crippen molar-refractivity contribution in [2.45, 2.75) is 77.7 Å². The van der Waals surface area contributed by atoms with Crippen LogP contribution in [0.2, 0.25) is 0 Å². The zero-order valence-electron chi connectivity index (χ0n) is 23.0. The SMILES string of the molecule is Cc1ccc(C=O)c(C2CCN(C(=O)OC(C)(C)C)CC2)c1.Cc1ccc(C=O)c(C2CCNCC2)c1. The second kappa shape index (κ2) is 13.0. The number of nitrogens with zero attached hydrogens (tertiary/aromatic N) is 1. The van der Waals surface area contributed by atoms with Crippen LogP contribution in [-0.4, -0.2) is 55.3 Å². The molecule has 2 fully saturated rings. The summed E-state index contributed by atoms with van der Waals surface area (Å²) in [4.78, 5) is 36.0. The van der Waals surface area contributed by atoms with Gasteiger partial charge in [-0.3, -0.25) is 9.59 Å². The standard InChI is InChI=1S/C18H25NO3.C13H17NO/c1-13-5-6-15(12-20)16(11-13)14-7-9-19(10-8-14)17(21)22-18(2,3)4;1-10-2-3-12(9-15)13(8-10)11-4-6-14-7-5-11/h5-6,11-12,14H,7-10H2,1-4H3;2-3,8-9,11,14H,4-7H2,1H3. The monoisotopic (exact) mass is 506 g/mol. The van der Waals surface area contributed by atoms with E-state index < -0.39 is 5.60 Å². The molecule has 2 aromatic carbocycles. The van der Waals surface area contributed by atoms with Gasteiger partial charge in [0.15, 0.2) is 0 Å². The number of piperidine rings is 2. The Balaban J connectivity index is 0.000000220. The Morgan fingerprint density at radius 3 is 1.73 bits per heavy atom. The number of likely N-dealkylation sites (tertiary alicyclic amines) is 1. The average Bonchev–Trinajstić information content (AvgIpc) is 2.88. The molecular formula is C31H42N2O4. The van der Waals surface area contributed by atoms with Gasteiger partial charge in [-0.1, -0.05) is 47.5 Å². The summed E-state index contributed by atoms with van der Waals surface area (Å²) in [5.41, 5.74) is 5.93. The largest absolute Gasteiger partial charge is 0.444 e. The molecule has 37 heavy (non-hydrogen) atoms. The molecule has 2 saturated heterocycles. The summed E-state index contributed by atoms with van der Waals surface area (Å²) in [5.74, 6) is 0.894. The molecule has 0 aliphatic carbocycles. The molecular weight excluding hydrogens is 464 g/mol. The number of hydrogen-bond acceptors (Lipinski definition) is 5. The van der Waals surface area contributed by atoms with Gasteiger partial charge in [-0.2, -0.15) is 0 Å². The predicted octanol–water partition coefficient (Wildman–Crippen LogP) is 6.20. The maximum atomic E-state index is 12.1. The second-order valence-corrected chi connectivity index (χ2v) is 11.3. The van der Waals surface area contributed by atoms with Crippen molar-refractivity contribution in [3.05, 3.63) is 69.8 Å². The van der Waals surface area contributed by atoms with E-state index in [1.54, 1.807) is 4.90 Å². The number of aryl methyl sites for hydroxylation is 2. The summed E-state index contributed by atoms with van der Waals surface area (Å²) in [6.45, 7) is 13.2. The minimum absolute atomic E-state index is 0.245. The van der Waals surface area contributed by atoms with E-state index in [1.165, 1.54) is 11.1 Å². The summed E-state index contributed by atoms with van der Waals surface area (Å²) in [7, 11) is 0. The minimum atomic E-state index is -0.463. The number of nitrogens with one attached hydrogen (secondary N) is 1. The van der Waals surface area contributed by atoms with Gasteiger partial charge < -0.3 is 15.0 Å². The van der Waals surface area contributed by atoms with Gasteiger partial charge in [0.1, 0.15) is 18.2 Å². The molecule has 2 aromatic rings. The van der Waals surface area contributed by atoms with Gasteiger partial charge in [-0.25, -0.2) is 4.79 Å². The van der Waals surface area contributed by atoms with E-state index in [0.29, 0.717) is 24.9 Å². The number of aldehydes is 2. The Morgan fingerprint density at radius 2 is 1.30 bits per heavy atom. The van der Waals surface area contributed by atoms with Gasteiger partial charge in [0.2, 0.25) is 0 Å². The molecule has 0 unspecified atom stereocenters. The molecule has 0 aromatic heterocycles. The number of carbonyl (C=O) groups is 3. The van der Waals surface area contributed by atoms with E-state index in [0.717, 1.165) is 73.6 Å². The Morgan fingerprint density at radius 1 is 0.838 bits per heavy atom. The quantitative estimate of drug-likeness (QED) is 0.500. The summed E-state index contributed by atoms with van der Waals surface area (Å²) in [6.07, 6.45) is 5.68. The van der Waals surface area contributed by atoms with E-state index in [-0.39, 0.29) is 6.09 Å². The first-order valence-corrected chi connectivity index (χ1v) is 13.4. The molecule has 0 atom stereocenters. The lowest BCUT2D eigenvalue weighted by Gasteiger charge is -2.34. The molecule has 0 radical (unpaired) electrons. The fourth-order valence-electron chi connectivity index (χ4n) is 5.14. The van der Waals surface area contributed by atoms with Crippen LogP contribution in [0.3, 0.4) is 0 Å². The van der Waals surface area contributed by atoms with Crippen LogP contribution in [-0.2, 0) is 4.74 Å². The summed E-state index contributed by atoms with van der Waals surface area (Å²) < 4.78 is 5.41. The molecule has 0 saturated carbocycles. The van der Waals surface area contributed by atoms with Crippen LogP contribution in [0.4, 0.5) is 4.79 Å². The van der Waals surface area contributed by atoms with Crippen LogP contribution in [0.25, 0.3) is 0 Å². The number of carbonyl (C=O) groups excluding carboxylic acids is 3. The molecule has 6 heteroatoms. The molecule has 2 heterocycles. The Kier molecular flexibility index (Phi) is 10.0. The highest BCUT2D eigenvalue weighted by Crippen LogP contribution is 2.31. The summed E-state index contributed by atoms with van der Waals surface area (Å²) in [5, 5.41) is 3.35. The van der Waals surface area contributed by atoms with Gasteiger partial charge in [-0.05, 0) is 96.4 Å². The van der Waals surface area contributed by atoms with E-state index in [1.807, 2.05) is 52.0 Å². The lowest BCUT2D eigenvalue weighted by Crippen LogP contribution is -2.41. The van der Waals surface area contributed by atoms with Gasteiger partial charge in [0.25, 0.3) is 0 Å². The van der Waals surface area contributed by atoms with Crippen molar-refractivity contribution in [3.8, 4) is 0 Å². The van der Waals surface area contributed by atoms with E-state index >= 15 is 0 Å². The van der Waals surface area contributed by atoms with Crippen molar-refractivity contribution in [3.63, 3.8) is 0 Å². The zero-order valence-corrected chi connectivity index (χ0v) is 23.0. The number of hydrogen-bond donors (Lipinski definition) is 1. The van der Waals surface area contributed by atoms with Gasteiger partial charge in [-0.15, -0.1) is 0 Å². The molecule has 0 bridgehead atoms. The highest BCUT2D eigenvalue weighted by molar-refractivity contribution is 5.78. The molecule has 2 aliphatic heterocycles. The van der Waals surface area contributed by atoms with Crippen LogP contribution in [0.15, 0.2) is 36.4 Å². The van der Waals surface area contributed by atoms with Crippen molar-refractivity contribution < 1.29 is 19.1 Å². The normalized spacial score (nSPS) is 16.9. The topological polar surface area (TPSA) is 75.7 Å². The molecule has 1 N–H and O–H groups in total. The Hall–Kier alpha value is -2.99. The first kappa shape index (κ1) is 28.6. The third kappa shape index (κ3) is 8.26. The van der Waals surface area contributed by atoms with Crippen molar-refractivity contribution in [2.24, 2.45) is 0 Å². The summed E-state index contributed by atoms with van der Waals surface area (Å²) >= 11 is 0. The van der Waals surface area contributed by atoms with E-state index in [2.05, 4.69) is 24.4 Å². The van der Waals surface area contributed by atoms with Crippen molar-refractivity contribution in [1.82, 2.24) is 10.2 Å². The third-order valence-electron chi connectivity index (χ3n) is 7.10. The molecule has 2 aliphatic rings. The predicted molar refractivity (Wildman–Crippen MR) is 148 cm³/mol. The van der Waals surface area contributed by atoms with Gasteiger partial charge >= 0.3 is 6.09 Å². The lowest BCUT2D eigenvalue weighted by molar-refractivity contribution is 0.0204. The van der Waals surface area contributed by atoms with Crippen LogP contribution in [0.1, 0.15) is 101 Å². The van der Waals surface area contributed by atoms with Crippen molar-refractivity contribution >= 4 is 18.7 Å². The highest BCUT2D eigenvalue weighted by Gasteiger charge is 2.28. The van der Waals surface area contributed by atoms with Gasteiger partial charge in [0.05, 0.1) is 0 Å². The first-order valence-electron chi connectivity index (χ1n) is 13.4. The Labute approximate surface area is 221 Å². The fourth-order valence-corrected chi connectivity index (χ4v) is 5.14. The van der Waals surface area contributed by atoms with E-state index in [4.69, 9.17) is 4.74 Å². The van der Waals surface area contributed by atoms with Gasteiger partial charge in [0, 0.05) is 24.2 Å². The molecule has 0 spiro atoms. The van der Waals surface area contributed by atoms with Crippen molar-refractivity contribution in [1.29, 1.82) is 0 Å². The Bertz CT molecular complexity index is 1080. The number of ether oxygens (including phenoxy) is 1. The highest BCUT2D eigenvalue weighted by atomic mass is 16.6. The molecule has 6 nitrogen and oxygen atoms in total. The van der Waals surface area contributed by atoms with Crippen LogP contribution >= 0.6 is 0 Å². The fraction of sp³-hybridized carbons (Fsp3) is 0.516. The maximum absolute atomic E-state index is 12.1. The molecule has 1 amide bonds. The third-order valence-corrected chi connectivity index (χ3v) is 7.10. The van der Waals surface area contributed by atoms with E-state index in [9.17, 15) is 14.4 Å². The average molecular weight is 507 g/mol. The second-order valence-electron chi connectivity index (χ2n) is 11.3. The maximum Gasteiger partial charge on any atom is 0.410 e. The number of amides is 1. The number of benzene rings is 2. The zero-order chi connectivity index (χ0) is 27.0. The lowest BCUT2D eigenvalue weighted by atomic mass is 9.86. The first-order chi connectivity index (χ1) is 17.6. The summed E-state index contributed by atoms with van der Waals surface area (Å²) in [6, 6.07) is 12.1. The number of rotatable bonds is 4.